The smallest absolute Gasteiger partial charge is 0.406 e. The molecule has 4 rings (SSSR count). The van der Waals surface area contributed by atoms with Crippen LogP contribution >= 0.6 is 0 Å². The Balaban J connectivity index is 1.81. The van der Waals surface area contributed by atoms with Crippen molar-refractivity contribution >= 4 is 10.9 Å². The van der Waals surface area contributed by atoms with Crippen molar-refractivity contribution in [3.8, 4) is 5.75 Å². The molecule has 178 valence electrons. The van der Waals surface area contributed by atoms with Crippen molar-refractivity contribution in [3.63, 3.8) is 0 Å². The van der Waals surface area contributed by atoms with E-state index in [4.69, 9.17) is 0 Å². The minimum absolute atomic E-state index is 0.0262. The van der Waals surface area contributed by atoms with Crippen molar-refractivity contribution < 1.29 is 40.6 Å². The summed E-state index contributed by atoms with van der Waals surface area (Å²) in [5.41, 5.74) is -5.50. The van der Waals surface area contributed by atoms with Crippen molar-refractivity contribution in [2.24, 2.45) is 0 Å². The number of benzene rings is 2. The number of rotatable bonds is 6. The van der Waals surface area contributed by atoms with Crippen LogP contribution in [0.15, 0.2) is 54.9 Å². The van der Waals surface area contributed by atoms with Crippen LogP contribution in [0.5, 0.6) is 5.75 Å². The number of aliphatic hydroxyl groups is 1. The molecular formula is C20H12F7N5O2. The van der Waals surface area contributed by atoms with Crippen LogP contribution in [0.1, 0.15) is 11.3 Å². The van der Waals surface area contributed by atoms with E-state index in [2.05, 4.69) is 25.2 Å². The second-order valence-electron chi connectivity index (χ2n) is 7.17. The molecule has 0 radical (unpaired) electrons. The molecule has 0 aliphatic heterocycles. The maximum Gasteiger partial charge on any atom is 0.573 e. The summed E-state index contributed by atoms with van der Waals surface area (Å²) in [6.45, 7) is -1.05. The molecule has 0 aliphatic rings. The van der Waals surface area contributed by atoms with Gasteiger partial charge in [-0.1, -0.05) is 6.07 Å². The molecule has 34 heavy (non-hydrogen) atoms. The molecule has 2 aromatic carbocycles. The molecule has 2 aromatic heterocycles. The number of hydrogen-bond donors (Lipinski definition) is 1. The summed E-state index contributed by atoms with van der Waals surface area (Å²) in [5.74, 6) is -7.42. The lowest BCUT2D eigenvalue weighted by atomic mass is 9.84. The lowest BCUT2D eigenvalue weighted by Crippen LogP contribution is -2.48. The first kappa shape index (κ1) is 23.4. The number of halogens is 7. The molecule has 1 N–H and O–H groups in total. The highest BCUT2D eigenvalue weighted by Crippen LogP contribution is 2.47. The number of pyridine rings is 1. The Morgan fingerprint density at radius 1 is 0.941 bits per heavy atom. The predicted octanol–water partition coefficient (Wildman–Crippen LogP) is 4.08. The van der Waals surface area contributed by atoms with Gasteiger partial charge in [0.25, 0.3) is 0 Å². The lowest BCUT2D eigenvalue weighted by Gasteiger charge is -2.35. The Labute approximate surface area is 185 Å². The molecule has 4 aromatic rings. The normalized spacial score (nSPS) is 14.2. The first-order valence-electron chi connectivity index (χ1n) is 9.32. The maximum atomic E-state index is 15.8. The van der Waals surface area contributed by atoms with E-state index >= 15 is 8.78 Å². The highest BCUT2D eigenvalue weighted by Gasteiger charge is 2.58. The molecule has 2 heterocycles. The maximum absolute atomic E-state index is 15.8. The summed E-state index contributed by atoms with van der Waals surface area (Å²) in [5, 5.41) is 21.1. The molecule has 0 saturated heterocycles. The second kappa shape index (κ2) is 8.20. The van der Waals surface area contributed by atoms with Gasteiger partial charge >= 0.3 is 12.3 Å². The van der Waals surface area contributed by atoms with Gasteiger partial charge in [-0.2, -0.15) is 8.78 Å². The van der Waals surface area contributed by atoms with Gasteiger partial charge in [0.15, 0.2) is 5.60 Å². The minimum Gasteiger partial charge on any atom is -0.406 e. The SMILES string of the molecule is OC(Cn1cnnn1)(c1ccc(F)cc1F)C(F)(F)c1ccc2cc(OC(F)(F)F)ccc2n1. The van der Waals surface area contributed by atoms with Crippen molar-refractivity contribution in [3.05, 3.63) is 77.8 Å². The molecule has 0 fully saturated rings. The van der Waals surface area contributed by atoms with Gasteiger partial charge < -0.3 is 9.84 Å². The molecule has 1 unspecified atom stereocenters. The van der Waals surface area contributed by atoms with Crippen LogP contribution in [-0.4, -0.2) is 36.7 Å². The fourth-order valence-corrected chi connectivity index (χ4v) is 3.35. The van der Waals surface area contributed by atoms with Gasteiger partial charge in [-0.15, -0.1) is 18.3 Å². The third kappa shape index (κ3) is 4.35. The number of alkyl halides is 5. The molecule has 14 heteroatoms. The van der Waals surface area contributed by atoms with E-state index in [0.29, 0.717) is 18.2 Å². The summed E-state index contributed by atoms with van der Waals surface area (Å²) < 4.78 is 101. The summed E-state index contributed by atoms with van der Waals surface area (Å²) in [4.78, 5) is 3.75. The minimum atomic E-state index is -4.96. The Hall–Kier alpha value is -3.81. The van der Waals surface area contributed by atoms with E-state index in [1.807, 2.05) is 0 Å². The second-order valence-corrected chi connectivity index (χ2v) is 7.17. The predicted molar refractivity (Wildman–Crippen MR) is 100 cm³/mol. The summed E-state index contributed by atoms with van der Waals surface area (Å²) >= 11 is 0. The monoisotopic (exact) mass is 487 g/mol. The number of tetrazole rings is 1. The van der Waals surface area contributed by atoms with Crippen molar-refractivity contribution in [2.75, 3.05) is 0 Å². The Bertz CT molecular complexity index is 1330. The largest absolute Gasteiger partial charge is 0.573 e. The Kier molecular flexibility index (Phi) is 5.63. The first-order valence-corrected chi connectivity index (χ1v) is 9.32. The third-order valence-corrected chi connectivity index (χ3v) is 4.89. The van der Waals surface area contributed by atoms with E-state index in [9.17, 15) is 27.1 Å². The molecule has 0 saturated carbocycles. The summed E-state index contributed by atoms with van der Waals surface area (Å²) in [7, 11) is 0. The average Bonchev–Trinajstić information content (AvgIpc) is 3.24. The quantitative estimate of drug-likeness (QED) is 0.413. The molecule has 1 atom stereocenters. The lowest BCUT2D eigenvalue weighted by molar-refractivity contribution is -0.274. The number of fused-ring (bicyclic) bond motifs is 1. The molecule has 7 nitrogen and oxygen atoms in total. The van der Waals surface area contributed by atoms with E-state index < -0.39 is 53.1 Å². The van der Waals surface area contributed by atoms with Crippen molar-refractivity contribution in [1.82, 2.24) is 25.2 Å². The highest BCUT2D eigenvalue weighted by molar-refractivity contribution is 5.80. The molecule has 0 bridgehead atoms. The van der Waals surface area contributed by atoms with E-state index in [1.165, 1.54) is 0 Å². The van der Waals surface area contributed by atoms with Crippen molar-refractivity contribution in [2.45, 2.75) is 24.4 Å². The summed E-state index contributed by atoms with van der Waals surface area (Å²) in [6, 6.07) is 6.28. The van der Waals surface area contributed by atoms with Gasteiger partial charge in [0.05, 0.1) is 12.1 Å². The van der Waals surface area contributed by atoms with Gasteiger partial charge in [-0.05, 0) is 46.8 Å². The number of hydrogen-bond acceptors (Lipinski definition) is 6. The average molecular weight is 487 g/mol. The number of nitrogens with zero attached hydrogens (tertiary/aromatic N) is 5. The van der Waals surface area contributed by atoms with E-state index in [0.717, 1.165) is 41.3 Å². The Morgan fingerprint density at radius 2 is 1.71 bits per heavy atom. The molecular weight excluding hydrogens is 475 g/mol. The van der Waals surface area contributed by atoms with Gasteiger partial charge in [0.2, 0.25) is 0 Å². The van der Waals surface area contributed by atoms with Crippen LogP contribution in [0, 0.1) is 11.6 Å². The van der Waals surface area contributed by atoms with E-state index in [1.54, 1.807) is 0 Å². The number of ether oxygens (including phenoxy) is 1. The van der Waals surface area contributed by atoms with Gasteiger partial charge in [-0.3, -0.25) is 0 Å². The summed E-state index contributed by atoms with van der Waals surface area (Å²) in [6.07, 6.45) is -4.06. The van der Waals surface area contributed by atoms with Gasteiger partial charge in [0.1, 0.15) is 29.4 Å². The first-order chi connectivity index (χ1) is 15.9. The molecule has 0 aliphatic carbocycles. The van der Waals surface area contributed by atoms with E-state index in [-0.39, 0.29) is 10.9 Å². The van der Waals surface area contributed by atoms with Gasteiger partial charge in [0, 0.05) is 17.0 Å². The third-order valence-electron chi connectivity index (χ3n) is 4.89. The fourth-order valence-electron chi connectivity index (χ4n) is 3.35. The van der Waals surface area contributed by atoms with Crippen LogP contribution in [0.25, 0.3) is 10.9 Å². The van der Waals surface area contributed by atoms with Crippen LogP contribution < -0.4 is 4.74 Å². The molecule has 0 spiro atoms. The van der Waals surface area contributed by atoms with Crippen molar-refractivity contribution in [1.29, 1.82) is 0 Å². The van der Waals surface area contributed by atoms with Gasteiger partial charge in [-0.25, -0.2) is 18.4 Å². The molecule has 0 amide bonds. The Morgan fingerprint density at radius 3 is 2.35 bits per heavy atom. The topological polar surface area (TPSA) is 86.0 Å². The van der Waals surface area contributed by atoms with Crippen LogP contribution in [0.3, 0.4) is 0 Å². The zero-order valence-electron chi connectivity index (χ0n) is 16.6. The van der Waals surface area contributed by atoms with Crippen LogP contribution in [0.2, 0.25) is 0 Å². The number of aromatic nitrogens is 5. The standard InChI is InChI=1S/C20H12F7N5O2/c21-12-2-4-14(15(22)8-12)18(33,9-32-10-28-30-31-32)19(23,24)17-6-1-11-7-13(34-20(25,26)27)3-5-16(11)29-17/h1-8,10,33H,9H2. The highest BCUT2D eigenvalue weighted by atomic mass is 19.4. The van der Waals surface area contributed by atoms with Crippen LogP contribution in [-0.2, 0) is 18.1 Å². The fraction of sp³-hybridized carbons (Fsp3) is 0.200. The zero-order chi connectivity index (χ0) is 24.7. The van der Waals surface area contributed by atoms with Crippen LogP contribution in [0.4, 0.5) is 30.7 Å². The zero-order valence-corrected chi connectivity index (χ0v) is 16.6.